The van der Waals surface area contributed by atoms with Crippen molar-refractivity contribution in [3.8, 4) is 11.5 Å². The maximum absolute atomic E-state index is 11.6. The number of imide groups is 1. The Morgan fingerprint density at radius 2 is 1.39 bits per heavy atom. The van der Waals surface area contributed by atoms with Gasteiger partial charge in [0.25, 0.3) is 0 Å². The minimum absolute atomic E-state index is 0.00194. The Bertz CT molecular complexity index is 1790. The van der Waals surface area contributed by atoms with E-state index in [1.54, 1.807) is 30.3 Å². The number of anilines is 1. The summed E-state index contributed by atoms with van der Waals surface area (Å²) in [6.45, 7) is 16.4. The molecule has 2 unspecified atom stereocenters. The van der Waals surface area contributed by atoms with Crippen LogP contribution < -0.4 is 19.7 Å². The van der Waals surface area contributed by atoms with Crippen LogP contribution in [0.5, 0.6) is 11.5 Å². The number of ether oxygens (including phenoxy) is 2. The van der Waals surface area contributed by atoms with Gasteiger partial charge in [-0.1, -0.05) is 86.7 Å². The maximum Gasteiger partial charge on any atom is 0.328 e. The zero-order valence-corrected chi connectivity index (χ0v) is 34.4. The molecule has 3 amide bonds. The summed E-state index contributed by atoms with van der Waals surface area (Å²) in [5, 5.41) is 2.25. The van der Waals surface area contributed by atoms with Gasteiger partial charge in [0.2, 0.25) is 5.91 Å². The molecular formula is C48H62N4O5. The van der Waals surface area contributed by atoms with Gasteiger partial charge in [-0.15, -0.1) is 6.58 Å². The van der Waals surface area contributed by atoms with Gasteiger partial charge in [0, 0.05) is 50.7 Å². The number of unbranched alkanes of at least 4 members (excludes halogenated alkanes) is 1. The molecule has 4 aromatic carbocycles. The Labute approximate surface area is 340 Å². The third kappa shape index (κ3) is 13.7. The fraction of sp³-hybridized carbons (Fsp3) is 0.396. The molecule has 0 spiro atoms. The second kappa shape index (κ2) is 24.4. The van der Waals surface area contributed by atoms with Gasteiger partial charge in [-0.3, -0.25) is 19.8 Å². The lowest BCUT2D eigenvalue weighted by Gasteiger charge is -2.34. The predicted molar refractivity (Wildman–Crippen MR) is 232 cm³/mol. The molecule has 9 nitrogen and oxygen atoms in total. The van der Waals surface area contributed by atoms with Crippen LogP contribution in [0.15, 0.2) is 116 Å². The number of carbonyl (C=O) groups excluding carboxylic acids is 3. The average Bonchev–Trinajstić information content (AvgIpc) is 3.25. The van der Waals surface area contributed by atoms with E-state index in [2.05, 4.69) is 108 Å². The largest absolute Gasteiger partial charge is 0.494 e. The molecule has 2 saturated heterocycles. The molecule has 7 rings (SSSR count). The number of nitrogens with zero attached hydrogens (tertiary/aromatic N) is 3. The van der Waals surface area contributed by atoms with E-state index in [1.807, 2.05) is 20.8 Å². The van der Waals surface area contributed by atoms with Gasteiger partial charge in [-0.05, 0) is 111 Å². The number of amides is 3. The Morgan fingerprint density at radius 1 is 0.754 bits per heavy atom. The van der Waals surface area contributed by atoms with E-state index in [9.17, 15) is 14.4 Å². The van der Waals surface area contributed by atoms with Crippen molar-refractivity contribution in [3.63, 3.8) is 0 Å². The lowest BCUT2D eigenvalue weighted by Crippen LogP contribution is -2.49. The van der Waals surface area contributed by atoms with E-state index >= 15 is 0 Å². The minimum Gasteiger partial charge on any atom is -0.494 e. The van der Waals surface area contributed by atoms with Gasteiger partial charge in [0.1, 0.15) is 18.1 Å². The van der Waals surface area contributed by atoms with Crippen LogP contribution >= 0.6 is 0 Å². The van der Waals surface area contributed by atoms with Crippen molar-refractivity contribution in [2.45, 2.75) is 64.7 Å². The number of fused-ring (bicyclic) bond motifs is 1. The zero-order chi connectivity index (χ0) is 40.8. The van der Waals surface area contributed by atoms with Gasteiger partial charge in [-0.2, -0.15) is 0 Å². The molecular weight excluding hydrogens is 713 g/mol. The van der Waals surface area contributed by atoms with Crippen molar-refractivity contribution in [1.29, 1.82) is 0 Å². The molecule has 1 aliphatic carbocycles. The number of allylic oxidation sites excluding steroid dienone is 1. The quantitative estimate of drug-likeness (QED) is 0.0874. The summed E-state index contributed by atoms with van der Waals surface area (Å²) in [6.07, 6.45) is 7.37. The van der Waals surface area contributed by atoms with Crippen LogP contribution in [0.3, 0.4) is 0 Å². The number of nitrogens with one attached hydrogen (secondary N) is 1. The molecule has 0 radical (unpaired) electrons. The number of piperazine rings is 1. The molecule has 2 fully saturated rings. The van der Waals surface area contributed by atoms with Gasteiger partial charge in [-0.25, -0.2) is 4.79 Å². The first kappa shape index (κ1) is 44.5. The van der Waals surface area contributed by atoms with Crippen LogP contribution in [0.4, 0.5) is 10.5 Å². The van der Waals surface area contributed by atoms with Crippen molar-refractivity contribution in [3.05, 3.63) is 138 Å². The first-order valence-electron chi connectivity index (χ1n) is 20.5. The van der Waals surface area contributed by atoms with Crippen molar-refractivity contribution in [2.75, 3.05) is 64.4 Å². The van der Waals surface area contributed by atoms with Crippen LogP contribution in [0.25, 0.3) is 0 Å². The number of hydrogen-bond donors (Lipinski definition) is 1. The van der Waals surface area contributed by atoms with E-state index in [0.717, 1.165) is 25.2 Å². The Kier molecular flexibility index (Phi) is 19.0. The molecule has 4 aromatic rings. The number of benzene rings is 4. The monoisotopic (exact) mass is 774 g/mol. The van der Waals surface area contributed by atoms with E-state index in [-0.39, 0.29) is 18.9 Å². The molecule has 2 aliphatic heterocycles. The second-order valence-electron chi connectivity index (χ2n) is 14.1. The smallest absolute Gasteiger partial charge is 0.328 e. The summed E-state index contributed by atoms with van der Waals surface area (Å²) in [6, 6.07) is 35.3. The first-order valence-corrected chi connectivity index (χ1v) is 20.5. The summed E-state index contributed by atoms with van der Waals surface area (Å²) >= 11 is 0. The highest BCUT2D eigenvalue weighted by atomic mass is 16.5. The molecule has 1 N–H and O–H groups in total. The molecule has 0 saturated carbocycles. The molecule has 2 heterocycles. The Morgan fingerprint density at radius 3 is 2.05 bits per heavy atom. The normalized spacial score (nSPS) is 17.8. The lowest BCUT2D eigenvalue weighted by molar-refractivity contribution is -0.120. The molecule has 2 atom stereocenters. The van der Waals surface area contributed by atoms with Crippen molar-refractivity contribution >= 4 is 23.9 Å². The lowest BCUT2D eigenvalue weighted by atomic mass is 9.69. The molecule has 304 valence electrons. The highest BCUT2D eigenvalue weighted by Gasteiger charge is 2.31. The van der Waals surface area contributed by atoms with Crippen molar-refractivity contribution in [1.82, 2.24) is 15.1 Å². The van der Waals surface area contributed by atoms with Gasteiger partial charge in [0.05, 0.1) is 6.61 Å². The van der Waals surface area contributed by atoms with E-state index in [4.69, 9.17) is 9.47 Å². The first-order chi connectivity index (χ1) is 27.9. The van der Waals surface area contributed by atoms with E-state index in [0.29, 0.717) is 36.1 Å². The van der Waals surface area contributed by atoms with Crippen LogP contribution in [0, 0.1) is 0 Å². The number of urea groups is 1. The summed E-state index contributed by atoms with van der Waals surface area (Å²) in [5.41, 5.74) is 6.50. The predicted octanol–water partition coefficient (Wildman–Crippen LogP) is 8.88. The highest BCUT2D eigenvalue weighted by molar-refractivity contribution is 6.05. The summed E-state index contributed by atoms with van der Waals surface area (Å²) in [5.74, 6) is 2.19. The highest BCUT2D eigenvalue weighted by Crippen LogP contribution is 2.46. The van der Waals surface area contributed by atoms with E-state index in [1.165, 1.54) is 72.7 Å². The fourth-order valence-electron chi connectivity index (χ4n) is 7.36. The molecule has 9 heteroatoms. The summed E-state index contributed by atoms with van der Waals surface area (Å²) < 4.78 is 11.2. The zero-order valence-electron chi connectivity index (χ0n) is 34.4. The number of carbonyl (C=O) groups is 3. The number of rotatable bonds is 12. The molecule has 0 bridgehead atoms. The average molecular weight is 775 g/mol. The van der Waals surface area contributed by atoms with Crippen LogP contribution in [-0.2, 0) is 16.0 Å². The maximum atomic E-state index is 11.6. The number of hydrogen-bond acceptors (Lipinski definition) is 7. The number of aldehydes is 1. The SMILES string of the molecule is C=CC.CC.CN1CCN(CCCCOc2ccc(C3c4ccccc4CCC3c3ccccc3)cc2)CC1.O=CCOc1ccc(N2CCC(=O)NC2=O)cc1. The number of likely N-dealkylation sites (N-methyl/N-ethyl adjacent to an activating group) is 1. The second-order valence-corrected chi connectivity index (χ2v) is 14.1. The van der Waals surface area contributed by atoms with Gasteiger partial charge in [0.15, 0.2) is 6.29 Å². The fourth-order valence-corrected chi connectivity index (χ4v) is 7.36. The van der Waals surface area contributed by atoms with E-state index < -0.39 is 6.03 Å². The molecule has 0 aromatic heterocycles. The Hall–Kier alpha value is -5.25. The van der Waals surface area contributed by atoms with Crippen molar-refractivity contribution in [2.24, 2.45) is 0 Å². The van der Waals surface area contributed by atoms with Crippen LogP contribution in [0.1, 0.15) is 80.5 Å². The van der Waals surface area contributed by atoms with Crippen LogP contribution in [-0.4, -0.2) is 87.6 Å². The third-order valence-electron chi connectivity index (χ3n) is 10.2. The Balaban J connectivity index is 0.000000263. The van der Waals surface area contributed by atoms with Crippen LogP contribution in [0.2, 0.25) is 0 Å². The topological polar surface area (TPSA) is 91.4 Å². The third-order valence-corrected chi connectivity index (χ3v) is 10.2. The van der Waals surface area contributed by atoms with Crippen molar-refractivity contribution < 1.29 is 23.9 Å². The standard InChI is InChI=1S/C31H38N2O.C12H12N2O4.C3H6.C2H6/c1-32-20-22-33(23-21-32)19-7-8-24-34-28-16-13-27(14-17-28)31-29-12-6-5-11-26(29)15-18-30(31)25-9-3-2-4-10-25;15-7-8-18-10-3-1-9(2-4-10)14-6-5-11(16)13-12(14)17;1-3-2;1-2/h2-6,9-14,16-17,30-31H,7-8,15,18-24H2,1H3;1-4,7H,5-6,8H2,(H,13,16,17);3H,1H2,2H3;1-2H3. The molecule has 57 heavy (non-hydrogen) atoms. The van der Waals surface area contributed by atoms with Gasteiger partial charge < -0.3 is 19.3 Å². The molecule has 3 aliphatic rings. The summed E-state index contributed by atoms with van der Waals surface area (Å²) in [7, 11) is 2.21. The number of aryl methyl sites for hydroxylation is 1. The minimum atomic E-state index is -0.423. The van der Waals surface area contributed by atoms with Gasteiger partial charge >= 0.3 is 6.03 Å². The summed E-state index contributed by atoms with van der Waals surface area (Å²) in [4.78, 5) is 39.2.